The van der Waals surface area contributed by atoms with E-state index in [9.17, 15) is 0 Å². The third-order valence-electron chi connectivity index (χ3n) is 3.18. The van der Waals surface area contributed by atoms with Gasteiger partial charge in [-0.05, 0) is 23.8 Å². The maximum absolute atomic E-state index is 4.51. The third-order valence-corrected chi connectivity index (χ3v) is 4.40. The molecule has 3 heteroatoms. The molecule has 0 N–H and O–H groups in total. The molecule has 2 aliphatic rings. The van der Waals surface area contributed by atoms with E-state index in [4.69, 9.17) is 0 Å². The van der Waals surface area contributed by atoms with Crippen LogP contribution in [0.25, 0.3) is 0 Å². The second kappa shape index (κ2) is 3.01. The molecule has 3 heterocycles. The molecule has 16 heavy (non-hydrogen) atoms. The lowest BCUT2D eigenvalue weighted by molar-refractivity contribution is 0.927. The van der Waals surface area contributed by atoms with Crippen LogP contribution in [-0.2, 0) is 6.42 Å². The first kappa shape index (κ1) is 8.65. The normalized spacial score (nSPS) is 20.5. The molecule has 0 radical (unpaired) electrons. The summed E-state index contributed by atoms with van der Waals surface area (Å²) in [4.78, 5) is 8.18. The quantitative estimate of drug-likeness (QED) is 0.686. The van der Waals surface area contributed by atoms with Gasteiger partial charge in [0.1, 0.15) is 5.82 Å². The molecule has 0 saturated heterocycles. The lowest BCUT2D eigenvalue weighted by Crippen LogP contribution is -2.19. The van der Waals surface area contributed by atoms with E-state index >= 15 is 0 Å². The van der Waals surface area contributed by atoms with Crippen molar-refractivity contribution >= 4 is 23.3 Å². The van der Waals surface area contributed by atoms with Crippen LogP contribution in [0.1, 0.15) is 5.56 Å². The van der Waals surface area contributed by atoms with Crippen molar-refractivity contribution in [2.75, 3.05) is 4.90 Å². The summed E-state index contributed by atoms with van der Waals surface area (Å²) < 4.78 is 0. The number of benzene rings is 1. The first-order valence-corrected chi connectivity index (χ1v) is 6.30. The molecule has 1 aromatic heterocycles. The first-order valence-electron chi connectivity index (χ1n) is 5.42. The van der Waals surface area contributed by atoms with Crippen molar-refractivity contribution in [3.63, 3.8) is 0 Å². The highest BCUT2D eigenvalue weighted by molar-refractivity contribution is 8.00. The number of para-hydroxylation sites is 1. The van der Waals surface area contributed by atoms with Crippen LogP contribution in [0.15, 0.2) is 47.5 Å². The Morgan fingerprint density at radius 3 is 3.12 bits per heavy atom. The van der Waals surface area contributed by atoms with Gasteiger partial charge in [-0.25, -0.2) is 4.98 Å². The number of thioether (sulfide) groups is 1. The van der Waals surface area contributed by atoms with Gasteiger partial charge in [-0.15, -0.1) is 0 Å². The van der Waals surface area contributed by atoms with E-state index in [-0.39, 0.29) is 0 Å². The summed E-state index contributed by atoms with van der Waals surface area (Å²) in [5.74, 6) is 1.13. The first-order chi connectivity index (χ1) is 7.93. The van der Waals surface area contributed by atoms with E-state index in [1.807, 2.05) is 24.0 Å². The van der Waals surface area contributed by atoms with Gasteiger partial charge in [-0.3, -0.25) is 0 Å². The fourth-order valence-electron chi connectivity index (χ4n) is 2.50. The van der Waals surface area contributed by atoms with Gasteiger partial charge in [-0.1, -0.05) is 30.0 Å². The molecule has 1 aromatic carbocycles. The maximum atomic E-state index is 4.51. The highest BCUT2D eigenvalue weighted by atomic mass is 32.2. The zero-order valence-corrected chi connectivity index (χ0v) is 9.45. The number of aromatic nitrogens is 1. The number of hydrogen-bond donors (Lipinski definition) is 0. The van der Waals surface area contributed by atoms with Gasteiger partial charge in [0.2, 0.25) is 0 Å². The lowest BCUT2D eigenvalue weighted by atomic mass is 10.2. The highest BCUT2D eigenvalue weighted by Crippen LogP contribution is 2.51. The Labute approximate surface area is 98.3 Å². The number of nitrogens with zero attached hydrogens (tertiary/aromatic N) is 2. The summed E-state index contributed by atoms with van der Waals surface area (Å²) in [6, 6.07) is 12.8. The Kier molecular flexibility index (Phi) is 1.63. The van der Waals surface area contributed by atoms with Crippen molar-refractivity contribution in [3.8, 4) is 0 Å². The second-order valence-electron chi connectivity index (χ2n) is 4.10. The summed E-state index contributed by atoms with van der Waals surface area (Å²) in [6.45, 7) is 0. The minimum Gasteiger partial charge on any atom is -0.312 e. The van der Waals surface area contributed by atoms with Crippen molar-refractivity contribution in [1.82, 2.24) is 4.98 Å². The largest absolute Gasteiger partial charge is 0.312 e. The van der Waals surface area contributed by atoms with Crippen molar-refractivity contribution in [1.29, 1.82) is 0 Å². The average Bonchev–Trinajstić information content (AvgIpc) is 2.83. The number of pyridine rings is 1. The van der Waals surface area contributed by atoms with Crippen LogP contribution in [0.4, 0.5) is 11.5 Å². The molecule has 0 amide bonds. The zero-order valence-electron chi connectivity index (χ0n) is 8.63. The molecule has 2 nitrogen and oxygen atoms in total. The Morgan fingerprint density at radius 1 is 1.19 bits per heavy atom. The van der Waals surface area contributed by atoms with E-state index in [2.05, 4.69) is 40.2 Å². The molecule has 0 saturated carbocycles. The zero-order chi connectivity index (χ0) is 10.5. The fraction of sp³-hybridized carbons (Fsp3) is 0.154. The third kappa shape index (κ3) is 1.01. The number of anilines is 2. The maximum Gasteiger partial charge on any atom is 0.147 e. The van der Waals surface area contributed by atoms with Gasteiger partial charge in [0, 0.05) is 18.3 Å². The van der Waals surface area contributed by atoms with Gasteiger partial charge in [-0.2, -0.15) is 0 Å². The topological polar surface area (TPSA) is 16.1 Å². The molecule has 78 valence electrons. The smallest absolute Gasteiger partial charge is 0.147 e. The Balaban J connectivity index is 1.93. The van der Waals surface area contributed by atoms with Gasteiger partial charge in [0.05, 0.1) is 10.3 Å². The molecule has 1 unspecified atom stereocenters. The number of fused-ring (bicyclic) bond motifs is 5. The standard InChI is InChI=1S/C13H10N2S/c1-2-5-10-9(4-1)8-12-15(10)13-11(16-12)6-3-7-14-13/h1-7,12H,8H2. The summed E-state index contributed by atoms with van der Waals surface area (Å²) in [5.41, 5.74) is 2.77. The van der Waals surface area contributed by atoms with E-state index in [0.717, 1.165) is 12.2 Å². The van der Waals surface area contributed by atoms with Gasteiger partial charge in [0.15, 0.2) is 0 Å². The van der Waals surface area contributed by atoms with Gasteiger partial charge < -0.3 is 4.90 Å². The van der Waals surface area contributed by atoms with Crippen LogP contribution in [0.2, 0.25) is 0 Å². The minimum absolute atomic E-state index is 0.516. The Morgan fingerprint density at radius 2 is 2.12 bits per heavy atom. The van der Waals surface area contributed by atoms with Crippen molar-refractivity contribution in [3.05, 3.63) is 48.2 Å². The molecule has 1 atom stereocenters. The van der Waals surface area contributed by atoms with Gasteiger partial charge >= 0.3 is 0 Å². The lowest BCUT2D eigenvalue weighted by Gasteiger charge is -2.17. The molecule has 2 aromatic rings. The van der Waals surface area contributed by atoms with Crippen LogP contribution in [0.5, 0.6) is 0 Å². The predicted molar refractivity (Wildman–Crippen MR) is 66.2 cm³/mol. The molecule has 4 rings (SSSR count). The molecule has 0 fully saturated rings. The van der Waals surface area contributed by atoms with Crippen LogP contribution >= 0.6 is 11.8 Å². The molecular formula is C13H10N2S. The summed E-state index contributed by atoms with van der Waals surface area (Å²) >= 11 is 1.93. The molecule has 2 aliphatic heterocycles. The summed E-state index contributed by atoms with van der Waals surface area (Å²) in [5, 5.41) is 0.516. The molecular weight excluding hydrogens is 216 g/mol. The SMILES string of the molecule is c1ccc2c(c1)CC1Sc3cccnc3N21. The Bertz CT molecular complexity index is 518. The summed E-state index contributed by atoms with van der Waals surface area (Å²) in [7, 11) is 0. The van der Waals surface area contributed by atoms with Crippen molar-refractivity contribution in [2.24, 2.45) is 0 Å². The predicted octanol–water partition coefficient (Wildman–Crippen LogP) is 3.21. The van der Waals surface area contributed by atoms with E-state index in [1.165, 1.54) is 16.1 Å². The average molecular weight is 226 g/mol. The highest BCUT2D eigenvalue weighted by Gasteiger charge is 2.38. The minimum atomic E-state index is 0.516. The molecule has 0 bridgehead atoms. The van der Waals surface area contributed by atoms with Gasteiger partial charge in [0.25, 0.3) is 0 Å². The van der Waals surface area contributed by atoms with Crippen LogP contribution < -0.4 is 4.90 Å². The van der Waals surface area contributed by atoms with E-state index < -0.39 is 0 Å². The van der Waals surface area contributed by atoms with Crippen LogP contribution in [0.3, 0.4) is 0 Å². The fourth-order valence-corrected chi connectivity index (χ4v) is 3.79. The Hall–Kier alpha value is -1.48. The van der Waals surface area contributed by atoms with E-state index in [1.54, 1.807) is 0 Å². The molecule has 0 spiro atoms. The van der Waals surface area contributed by atoms with Crippen LogP contribution in [-0.4, -0.2) is 10.4 Å². The van der Waals surface area contributed by atoms with Crippen molar-refractivity contribution in [2.45, 2.75) is 16.7 Å². The molecule has 0 aliphatic carbocycles. The number of rotatable bonds is 0. The van der Waals surface area contributed by atoms with Crippen LogP contribution in [0, 0.1) is 0 Å². The van der Waals surface area contributed by atoms with E-state index in [0.29, 0.717) is 5.37 Å². The number of hydrogen-bond acceptors (Lipinski definition) is 3. The monoisotopic (exact) mass is 226 g/mol. The second-order valence-corrected chi connectivity index (χ2v) is 5.32. The summed E-state index contributed by atoms with van der Waals surface area (Å²) in [6.07, 6.45) is 3.00. The van der Waals surface area contributed by atoms with Crippen molar-refractivity contribution < 1.29 is 0 Å².